The Morgan fingerprint density at radius 3 is 2.56 bits per heavy atom. The van der Waals surface area contributed by atoms with Gasteiger partial charge in [-0.3, -0.25) is 4.79 Å². The Morgan fingerprint density at radius 2 is 1.89 bits per heavy atom. The average Bonchev–Trinajstić information content (AvgIpc) is 3.27. The maximum absolute atomic E-state index is 13.1. The molecule has 1 aliphatic heterocycles. The molecule has 27 heavy (non-hydrogen) atoms. The number of aromatic nitrogens is 1. The Kier molecular flexibility index (Phi) is 4.67. The Hall–Kier alpha value is -2.35. The molecule has 0 atom stereocenters. The summed E-state index contributed by atoms with van der Waals surface area (Å²) in [7, 11) is 2.00. The quantitative estimate of drug-likeness (QED) is 0.665. The lowest BCUT2D eigenvalue weighted by Gasteiger charge is -2.32. The first-order valence-electron chi connectivity index (χ1n) is 8.56. The third-order valence-corrected chi connectivity index (χ3v) is 5.95. The monoisotopic (exact) mass is 403 g/mol. The van der Waals surface area contributed by atoms with Crippen LogP contribution in [0.5, 0.6) is 5.88 Å². The van der Waals surface area contributed by atoms with Gasteiger partial charge >= 0.3 is 6.03 Å². The number of benzene rings is 1. The zero-order valence-corrected chi connectivity index (χ0v) is 16.3. The molecule has 4 rings (SSSR count). The summed E-state index contributed by atoms with van der Waals surface area (Å²) in [5.74, 6) is -0.658. The van der Waals surface area contributed by atoms with E-state index in [1.165, 1.54) is 15.9 Å². The molecule has 1 fully saturated rings. The summed E-state index contributed by atoms with van der Waals surface area (Å²) < 4.78 is 1.22. The Morgan fingerprint density at radius 1 is 1.15 bits per heavy atom. The Labute approximate surface area is 165 Å². The van der Waals surface area contributed by atoms with E-state index in [9.17, 15) is 14.7 Å². The average molecular weight is 404 g/mol. The summed E-state index contributed by atoms with van der Waals surface area (Å²) in [4.78, 5) is 30.4. The van der Waals surface area contributed by atoms with Gasteiger partial charge in [0, 0.05) is 36.6 Å². The molecule has 0 spiro atoms. The van der Waals surface area contributed by atoms with Crippen LogP contribution in [0.2, 0.25) is 5.02 Å². The van der Waals surface area contributed by atoms with Gasteiger partial charge in [-0.15, -0.1) is 11.3 Å². The summed E-state index contributed by atoms with van der Waals surface area (Å²) >= 11 is 7.42. The van der Waals surface area contributed by atoms with Gasteiger partial charge in [-0.1, -0.05) is 17.7 Å². The number of piperazine rings is 1. The van der Waals surface area contributed by atoms with E-state index in [4.69, 9.17) is 11.6 Å². The number of carbonyl (C=O) groups is 2. The molecule has 8 heteroatoms. The van der Waals surface area contributed by atoms with Crippen molar-refractivity contribution in [1.82, 2.24) is 14.4 Å². The fourth-order valence-electron chi connectivity index (χ4n) is 3.34. The van der Waals surface area contributed by atoms with E-state index >= 15 is 0 Å². The van der Waals surface area contributed by atoms with Crippen LogP contribution in [0, 0.1) is 0 Å². The number of fused-ring (bicyclic) bond motifs is 1. The maximum atomic E-state index is 13.1. The first kappa shape index (κ1) is 18.0. The van der Waals surface area contributed by atoms with Gasteiger partial charge in [0.25, 0.3) is 0 Å². The number of thiophene rings is 1. The number of carbonyl (C=O) groups excluding carboxylic acids is 2. The summed E-state index contributed by atoms with van der Waals surface area (Å²) in [6, 6.07) is 8.06. The lowest BCUT2D eigenvalue weighted by atomic mass is 10.1. The molecule has 140 valence electrons. The highest BCUT2D eigenvalue weighted by molar-refractivity contribution is 7.12. The summed E-state index contributed by atoms with van der Waals surface area (Å²) in [5.41, 5.74) is 0.582. The highest BCUT2D eigenvalue weighted by Crippen LogP contribution is 2.35. The van der Waals surface area contributed by atoms with Crippen molar-refractivity contribution in [3.8, 4) is 5.88 Å². The van der Waals surface area contributed by atoms with Crippen molar-refractivity contribution in [2.45, 2.75) is 0 Å². The largest absolute Gasteiger partial charge is 0.494 e. The molecule has 6 nitrogen and oxygen atoms in total. The first-order valence-corrected chi connectivity index (χ1v) is 9.82. The molecular formula is C19H18ClN3O3S. The highest BCUT2D eigenvalue weighted by atomic mass is 35.5. The number of amides is 1. The molecule has 0 saturated carbocycles. The van der Waals surface area contributed by atoms with Crippen LogP contribution in [0.15, 0.2) is 35.7 Å². The highest BCUT2D eigenvalue weighted by Gasteiger charge is 2.30. The molecule has 3 heterocycles. The number of halogens is 1. The molecule has 0 bridgehead atoms. The number of hydrogen-bond donors (Lipinski definition) is 1. The normalized spacial score (nSPS) is 15.4. The molecule has 1 aromatic carbocycles. The molecule has 1 aliphatic rings. The second-order valence-corrected chi connectivity index (χ2v) is 7.96. The topological polar surface area (TPSA) is 65.8 Å². The predicted molar refractivity (Wildman–Crippen MR) is 106 cm³/mol. The van der Waals surface area contributed by atoms with Crippen molar-refractivity contribution in [2.24, 2.45) is 0 Å². The van der Waals surface area contributed by atoms with E-state index in [2.05, 4.69) is 4.90 Å². The van der Waals surface area contributed by atoms with Crippen molar-refractivity contribution in [3.63, 3.8) is 0 Å². The molecule has 1 saturated heterocycles. The minimum Gasteiger partial charge on any atom is -0.494 e. The van der Waals surface area contributed by atoms with Gasteiger partial charge in [-0.05, 0) is 36.7 Å². The van der Waals surface area contributed by atoms with E-state index in [0.717, 1.165) is 13.1 Å². The molecule has 0 radical (unpaired) electrons. The van der Waals surface area contributed by atoms with Gasteiger partial charge in [0.15, 0.2) is 0 Å². The van der Waals surface area contributed by atoms with E-state index < -0.39 is 0 Å². The summed E-state index contributed by atoms with van der Waals surface area (Å²) in [5, 5.41) is 13.6. The van der Waals surface area contributed by atoms with Crippen LogP contribution in [0.1, 0.15) is 15.2 Å². The fourth-order valence-corrected chi connectivity index (χ4v) is 4.18. The van der Waals surface area contributed by atoms with Gasteiger partial charge in [0.1, 0.15) is 0 Å². The lowest BCUT2D eigenvalue weighted by Crippen LogP contribution is -2.48. The first-order chi connectivity index (χ1) is 13.0. The zero-order chi connectivity index (χ0) is 19.1. The van der Waals surface area contributed by atoms with E-state index in [1.807, 2.05) is 7.05 Å². The van der Waals surface area contributed by atoms with E-state index in [0.29, 0.717) is 33.9 Å². The number of ketones is 1. The molecule has 1 amide bonds. The second-order valence-electron chi connectivity index (χ2n) is 6.57. The number of rotatable bonds is 2. The van der Waals surface area contributed by atoms with Crippen LogP contribution in [0.3, 0.4) is 0 Å². The summed E-state index contributed by atoms with van der Waals surface area (Å²) in [6.07, 6.45) is 0. The minimum absolute atomic E-state index is 0.109. The van der Waals surface area contributed by atoms with Crippen LogP contribution < -0.4 is 0 Å². The van der Waals surface area contributed by atoms with E-state index in [1.54, 1.807) is 40.6 Å². The summed E-state index contributed by atoms with van der Waals surface area (Å²) in [6.45, 7) is 2.66. The van der Waals surface area contributed by atoms with Crippen molar-refractivity contribution < 1.29 is 14.7 Å². The van der Waals surface area contributed by atoms with Gasteiger partial charge in [-0.25, -0.2) is 9.36 Å². The van der Waals surface area contributed by atoms with Crippen molar-refractivity contribution in [1.29, 1.82) is 0 Å². The molecular weight excluding hydrogens is 386 g/mol. The van der Waals surface area contributed by atoms with Crippen LogP contribution in [0.4, 0.5) is 4.79 Å². The van der Waals surface area contributed by atoms with Crippen molar-refractivity contribution in [2.75, 3.05) is 33.2 Å². The van der Waals surface area contributed by atoms with Gasteiger partial charge in [-0.2, -0.15) is 0 Å². The number of hydrogen-bond acceptors (Lipinski definition) is 5. The Balaban J connectivity index is 1.85. The minimum atomic E-state index is -0.338. The molecule has 2 aromatic heterocycles. The van der Waals surface area contributed by atoms with Crippen molar-refractivity contribution in [3.05, 3.63) is 51.2 Å². The van der Waals surface area contributed by atoms with E-state index in [-0.39, 0.29) is 23.3 Å². The predicted octanol–water partition coefficient (Wildman–Crippen LogP) is 3.51. The molecule has 0 aliphatic carbocycles. The lowest BCUT2D eigenvalue weighted by molar-refractivity contribution is 0.104. The smallest absolute Gasteiger partial charge is 0.331 e. The standard InChI is InChI=1S/C19H18ClN3O3S/c1-21-6-8-22(9-7-21)19(26)23-14-5-4-12(20)11-13(14)16(18(23)25)17(24)15-3-2-10-27-15/h2-5,10-11,25H,6-9H2,1H3. The van der Waals surface area contributed by atoms with Crippen molar-refractivity contribution >= 4 is 45.7 Å². The molecule has 1 N–H and O–H groups in total. The molecule has 0 unspecified atom stereocenters. The number of aromatic hydroxyl groups is 1. The van der Waals surface area contributed by atoms with Crippen LogP contribution >= 0.6 is 22.9 Å². The van der Waals surface area contributed by atoms with Crippen LogP contribution in [-0.4, -0.2) is 64.5 Å². The number of likely N-dealkylation sites (N-methyl/N-ethyl adjacent to an activating group) is 1. The maximum Gasteiger partial charge on any atom is 0.331 e. The Bertz CT molecular complexity index is 1020. The molecule has 3 aromatic rings. The third kappa shape index (κ3) is 3.12. The fraction of sp³-hybridized carbons (Fsp3) is 0.263. The van der Waals surface area contributed by atoms with Crippen LogP contribution in [0.25, 0.3) is 10.9 Å². The second kappa shape index (κ2) is 6.99. The number of nitrogens with zero attached hydrogens (tertiary/aromatic N) is 3. The van der Waals surface area contributed by atoms with Gasteiger partial charge < -0.3 is 14.9 Å². The zero-order valence-electron chi connectivity index (χ0n) is 14.7. The van der Waals surface area contributed by atoms with Gasteiger partial charge in [0.2, 0.25) is 11.7 Å². The van der Waals surface area contributed by atoms with Gasteiger partial charge in [0.05, 0.1) is 16.0 Å². The third-order valence-electron chi connectivity index (χ3n) is 4.84. The SMILES string of the molecule is CN1CCN(C(=O)n2c(O)c(C(=O)c3cccs3)c3cc(Cl)ccc32)CC1. The van der Waals surface area contributed by atoms with Crippen LogP contribution in [-0.2, 0) is 0 Å².